The molecule has 1 aromatic heterocycles. The number of nitrogens with one attached hydrogen (secondary N) is 1. The van der Waals surface area contributed by atoms with Crippen LogP contribution < -0.4 is 5.32 Å². The van der Waals surface area contributed by atoms with Crippen LogP contribution >= 0.6 is 0 Å². The second-order valence-corrected chi connectivity index (χ2v) is 8.74. The lowest BCUT2D eigenvalue weighted by Crippen LogP contribution is -2.35. The Hall–Kier alpha value is -2.83. The van der Waals surface area contributed by atoms with Crippen LogP contribution in [0.1, 0.15) is 70.0 Å². The van der Waals surface area contributed by atoms with Gasteiger partial charge in [-0.15, -0.1) is 0 Å². The minimum absolute atomic E-state index is 0.310. The van der Waals surface area contributed by atoms with E-state index in [0.717, 1.165) is 5.56 Å². The molecule has 7 heteroatoms. The van der Waals surface area contributed by atoms with Gasteiger partial charge in [-0.25, -0.2) is 4.79 Å². The second kappa shape index (κ2) is 10.3. The highest BCUT2D eigenvalue weighted by atomic mass is 16.6. The van der Waals surface area contributed by atoms with Crippen LogP contribution in [0.5, 0.6) is 0 Å². The van der Waals surface area contributed by atoms with Gasteiger partial charge in [-0.3, -0.25) is 4.79 Å². The molecule has 7 nitrogen and oxygen atoms in total. The zero-order valence-electron chi connectivity index (χ0n) is 18.6. The maximum atomic E-state index is 12.3. The summed E-state index contributed by atoms with van der Waals surface area (Å²) in [5.41, 5.74) is 0.847. The molecule has 0 spiro atoms. The molecule has 0 saturated heterocycles. The Kier molecular flexibility index (Phi) is 8.03. The molecule has 2 rings (SSSR count). The number of rotatable bonds is 8. The van der Waals surface area contributed by atoms with Crippen molar-refractivity contribution in [2.75, 3.05) is 7.11 Å². The van der Waals surface area contributed by atoms with E-state index in [0.29, 0.717) is 30.2 Å². The molecule has 1 aromatic carbocycles. The van der Waals surface area contributed by atoms with E-state index in [1.165, 1.54) is 7.11 Å². The normalized spacial score (nSPS) is 13.6. The molecule has 1 heterocycles. The van der Waals surface area contributed by atoms with Gasteiger partial charge in [-0.05, 0) is 38.7 Å². The molecule has 1 amide bonds. The van der Waals surface area contributed by atoms with Gasteiger partial charge in [0.05, 0.1) is 19.1 Å². The number of carbonyl (C=O) groups excluding carboxylic acids is 2. The molecule has 0 aliphatic rings. The first kappa shape index (κ1) is 23.4. The maximum absolute atomic E-state index is 12.3. The van der Waals surface area contributed by atoms with E-state index in [2.05, 4.69) is 24.3 Å². The molecule has 0 bridgehead atoms. The van der Waals surface area contributed by atoms with Crippen molar-refractivity contribution in [1.29, 1.82) is 0 Å². The van der Waals surface area contributed by atoms with Crippen molar-refractivity contribution in [1.82, 2.24) is 10.5 Å². The monoisotopic (exact) mass is 416 g/mol. The fourth-order valence-corrected chi connectivity index (χ4v) is 3.13. The van der Waals surface area contributed by atoms with E-state index in [1.54, 1.807) is 6.07 Å². The van der Waals surface area contributed by atoms with E-state index in [1.807, 2.05) is 51.1 Å². The Bertz CT molecular complexity index is 824. The second-order valence-electron chi connectivity index (χ2n) is 8.74. The van der Waals surface area contributed by atoms with Gasteiger partial charge in [0.15, 0.2) is 0 Å². The number of alkyl carbamates (subject to hydrolysis) is 1. The molecule has 30 heavy (non-hydrogen) atoms. The highest BCUT2D eigenvalue weighted by Crippen LogP contribution is 2.26. The van der Waals surface area contributed by atoms with E-state index >= 15 is 0 Å². The standard InChI is InChI=1S/C23H32N2O5/c1-15(2)12-19(24-22(27)29-23(3,4)5)20-14-17(30-25-20)13-18(21(26)28-6)16-10-8-7-9-11-16/h7-11,14-15,18-19H,12-13H2,1-6H3,(H,24,27). The lowest BCUT2D eigenvalue weighted by atomic mass is 9.94. The summed E-state index contributed by atoms with van der Waals surface area (Å²) in [6.45, 7) is 9.57. The predicted molar refractivity (Wildman–Crippen MR) is 113 cm³/mol. The number of ether oxygens (including phenoxy) is 2. The van der Waals surface area contributed by atoms with Gasteiger partial charge in [0.1, 0.15) is 17.1 Å². The molecule has 164 valence electrons. The number of esters is 1. The van der Waals surface area contributed by atoms with Crippen molar-refractivity contribution in [2.24, 2.45) is 5.92 Å². The summed E-state index contributed by atoms with van der Waals surface area (Å²) in [5, 5.41) is 7.03. The van der Waals surface area contributed by atoms with Crippen LogP contribution in [0, 0.1) is 5.92 Å². The summed E-state index contributed by atoms with van der Waals surface area (Å²) in [7, 11) is 1.37. The molecular weight excluding hydrogens is 384 g/mol. The molecule has 0 radical (unpaired) electrons. The maximum Gasteiger partial charge on any atom is 0.408 e. The van der Waals surface area contributed by atoms with Crippen molar-refractivity contribution < 1.29 is 23.6 Å². The number of benzene rings is 1. The van der Waals surface area contributed by atoms with E-state index < -0.39 is 17.6 Å². The largest absolute Gasteiger partial charge is 0.469 e. The number of hydrogen-bond acceptors (Lipinski definition) is 6. The van der Waals surface area contributed by atoms with Gasteiger partial charge in [-0.2, -0.15) is 0 Å². The number of aromatic nitrogens is 1. The summed E-state index contributed by atoms with van der Waals surface area (Å²) in [4.78, 5) is 24.6. The molecular formula is C23H32N2O5. The third-order valence-corrected chi connectivity index (χ3v) is 4.43. The quantitative estimate of drug-likeness (QED) is 0.623. The third kappa shape index (κ3) is 7.21. The number of hydrogen-bond donors (Lipinski definition) is 1. The van der Waals surface area contributed by atoms with Gasteiger partial charge in [0.2, 0.25) is 0 Å². The van der Waals surface area contributed by atoms with E-state index in [4.69, 9.17) is 14.0 Å². The SMILES string of the molecule is COC(=O)C(Cc1cc(C(CC(C)C)NC(=O)OC(C)(C)C)no1)c1ccccc1. The first-order valence-corrected chi connectivity index (χ1v) is 10.2. The fourth-order valence-electron chi connectivity index (χ4n) is 3.13. The minimum atomic E-state index is -0.592. The van der Waals surface area contributed by atoms with Crippen LogP contribution in [0.25, 0.3) is 0 Å². The molecule has 2 atom stereocenters. The van der Waals surface area contributed by atoms with Crippen molar-refractivity contribution in [3.05, 3.63) is 53.4 Å². The van der Waals surface area contributed by atoms with Gasteiger partial charge < -0.3 is 19.3 Å². The molecule has 2 unspecified atom stereocenters. The summed E-state index contributed by atoms with van der Waals surface area (Å²) in [6, 6.07) is 10.8. The number of carbonyl (C=O) groups is 2. The van der Waals surface area contributed by atoms with E-state index in [9.17, 15) is 9.59 Å². The first-order valence-electron chi connectivity index (χ1n) is 10.2. The van der Waals surface area contributed by atoms with Crippen LogP contribution in [0.2, 0.25) is 0 Å². The molecule has 1 N–H and O–H groups in total. The number of nitrogens with zero attached hydrogens (tertiary/aromatic N) is 1. The van der Waals surface area contributed by atoms with Gasteiger partial charge >= 0.3 is 12.1 Å². The molecule has 0 aliphatic heterocycles. The Morgan fingerprint density at radius 3 is 2.40 bits per heavy atom. The van der Waals surface area contributed by atoms with Crippen LogP contribution in [-0.4, -0.2) is 29.9 Å². The Morgan fingerprint density at radius 2 is 1.83 bits per heavy atom. The average molecular weight is 417 g/mol. The van der Waals surface area contributed by atoms with Gasteiger partial charge in [-0.1, -0.05) is 49.3 Å². The van der Waals surface area contributed by atoms with Gasteiger partial charge in [0, 0.05) is 12.5 Å². The minimum Gasteiger partial charge on any atom is -0.469 e. The predicted octanol–water partition coefficient (Wildman–Crippen LogP) is 4.79. The van der Waals surface area contributed by atoms with Gasteiger partial charge in [0.25, 0.3) is 0 Å². The molecule has 0 aliphatic carbocycles. The highest BCUT2D eigenvalue weighted by Gasteiger charge is 2.27. The van der Waals surface area contributed by atoms with Crippen molar-refractivity contribution in [3.8, 4) is 0 Å². The van der Waals surface area contributed by atoms with Crippen molar-refractivity contribution >= 4 is 12.1 Å². The third-order valence-electron chi connectivity index (χ3n) is 4.43. The zero-order valence-corrected chi connectivity index (χ0v) is 18.6. The summed E-state index contributed by atoms with van der Waals surface area (Å²) < 4.78 is 15.9. The summed E-state index contributed by atoms with van der Waals surface area (Å²) in [6.07, 6.45) is 0.476. The van der Waals surface area contributed by atoms with Crippen LogP contribution in [-0.2, 0) is 20.7 Å². The highest BCUT2D eigenvalue weighted by molar-refractivity contribution is 5.78. The number of amides is 1. The van der Waals surface area contributed by atoms with Crippen molar-refractivity contribution in [3.63, 3.8) is 0 Å². The summed E-state index contributed by atoms with van der Waals surface area (Å²) in [5.74, 6) is 0.0188. The molecule has 2 aromatic rings. The smallest absolute Gasteiger partial charge is 0.408 e. The molecule has 0 saturated carbocycles. The van der Waals surface area contributed by atoms with Crippen LogP contribution in [0.3, 0.4) is 0 Å². The van der Waals surface area contributed by atoms with E-state index in [-0.39, 0.29) is 12.0 Å². The Morgan fingerprint density at radius 1 is 1.17 bits per heavy atom. The fraction of sp³-hybridized carbons (Fsp3) is 0.522. The Balaban J connectivity index is 2.19. The average Bonchev–Trinajstić information content (AvgIpc) is 3.12. The first-order chi connectivity index (χ1) is 14.1. The van der Waals surface area contributed by atoms with Crippen LogP contribution in [0.15, 0.2) is 40.9 Å². The summed E-state index contributed by atoms with van der Waals surface area (Å²) >= 11 is 0. The lowest BCUT2D eigenvalue weighted by Gasteiger charge is -2.23. The zero-order chi connectivity index (χ0) is 22.3. The molecule has 0 fully saturated rings. The topological polar surface area (TPSA) is 90.7 Å². The lowest BCUT2D eigenvalue weighted by molar-refractivity contribution is -0.142. The Labute approximate surface area is 178 Å². The number of methoxy groups -OCH3 is 1. The van der Waals surface area contributed by atoms with Crippen molar-refractivity contribution in [2.45, 2.75) is 65.0 Å². The van der Waals surface area contributed by atoms with Crippen LogP contribution in [0.4, 0.5) is 4.79 Å².